The Labute approximate surface area is 143 Å². The third kappa shape index (κ3) is 3.65. The minimum absolute atomic E-state index is 0.120. The molecule has 1 fully saturated rings. The van der Waals surface area contributed by atoms with E-state index < -0.39 is 0 Å². The van der Waals surface area contributed by atoms with Crippen LogP contribution in [0.15, 0.2) is 18.2 Å². The van der Waals surface area contributed by atoms with E-state index in [1.54, 1.807) is 0 Å². The third-order valence-corrected chi connectivity index (χ3v) is 5.32. The minimum Gasteiger partial charge on any atom is -0.454 e. The van der Waals surface area contributed by atoms with Gasteiger partial charge in [-0.3, -0.25) is 4.79 Å². The van der Waals surface area contributed by atoms with Crippen LogP contribution in [0, 0.1) is 5.92 Å². The molecule has 2 aliphatic rings. The zero-order valence-corrected chi connectivity index (χ0v) is 14.7. The molecular weight excluding hydrogens is 306 g/mol. The monoisotopic (exact) mass is 335 g/mol. The number of quaternary nitrogens is 2. The number of hydrogen-bond donors (Lipinski definition) is 2. The predicted molar refractivity (Wildman–Crippen MR) is 89.7 cm³/mol. The maximum atomic E-state index is 12.5. The van der Waals surface area contributed by atoms with Gasteiger partial charge in [0.25, 0.3) is 5.91 Å². The number of carbonyl (C=O) groups excluding carboxylic acids is 1. The summed E-state index contributed by atoms with van der Waals surface area (Å²) in [7, 11) is 0. The molecule has 4 N–H and O–H groups in total. The lowest BCUT2D eigenvalue weighted by Gasteiger charge is -2.33. The molecule has 1 aromatic carbocycles. The van der Waals surface area contributed by atoms with Crippen molar-refractivity contribution in [3.8, 4) is 11.5 Å². The Hall–Kier alpha value is -1.79. The molecule has 0 bridgehead atoms. The topological polar surface area (TPSA) is 70.9 Å². The smallest absolute Gasteiger partial charge is 0.281 e. The van der Waals surface area contributed by atoms with Crippen LogP contribution in [-0.2, 0) is 11.3 Å². The molecule has 0 spiro atoms. The van der Waals surface area contributed by atoms with Crippen molar-refractivity contribution in [3.63, 3.8) is 0 Å². The number of carbonyl (C=O) groups is 1. The number of amides is 1. The highest BCUT2D eigenvalue weighted by atomic mass is 16.7. The first-order chi connectivity index (χ1) is 11.6. The van der Waals surface area contributed by atoms with E-state index in [2.05, 4.69) is 31.7 Å². The van der Waals surface area contributed by atoms with Crippen LogP contribution in [0.1, 0.15) is 25.8 Å². The second-order valence-electron chi connectivity index (χ2n) is 6.93. The van der Waals surface area contributed by atoms with E-state index in [1.807, 2.05) is 11.0 Å². The van der Waals surface area contributed by atoms with Crippen LogP contribution in [0.5, 0.6) is 11.5 Å². The summed E-state index contributed by atoms with van der Waals surface area (Å²) in [6.45, 7) is 9.09. The Balaban J connectivity index is 1.51. The van der Waals surface area contributed by atoms with Crippen molar-refractivity contribution >= 4 is 5.91 Å². The van der Waals surface area contributed by atoms with Gasteiger partial charge in [-0.2, -0.15) is 0 Å². The molecule has 1 aromatic rings. The molecule has 0 aromatic heterocycles. The summed E-state index contributed by atoms with van der Waals surface area (Å²) in [4.78, 5) is 16.0. The van der Waals surface area contributed by atoms with Gasteiger partial charge in [0.05, 0.1) is 26.2 Å². The van der Waals surface area contributed by atoms with Crippen molar-refractivity contribution in [3.05, 3.63) is 23.8 Å². The van der Waals surface area contributed by atoms with Gasteiger partial charge >= 0.3 is 0 Å². The fourth-order valence-corrected chi connectivity index (χ4v) is 3.32. The largest absolute Gasteiger partial charge is 0.454 e. The van der Waals surface area contributed by atoms with Crippen LogP contribution in [0.2, 0.25) is 0 Å². The molecule has 2 heterocycles. The molecule has 0 unspecified atom stereocenters. The number of rotatable bonds is 5. The van der Waals surface area contributed by atoms with Crippen molar-refractivity contribution in [1.29, 1.82) is 0 Å². The summed E-state index contributed by atoms with van der Waals surface area (Å²) in [5, 5.41) is 0. The van der Waals surface area contributed by atoms with Crippen molar-refractivity contribution < 1.29 is 24.9 Å². The van der Waals surface area contributed by atoms with Crippen molar-refractivity contribution in [2.75, 3.05) is 33.0 Å². The molecule has 2 aliphatic heterocycles. The number of nitrogens with one attached hydrogen (secondary N) is 1. The van der Waals surface area contributed by atoms with Crippen LogP contribution >= 0.6 is 0 Å². The molecule has 3 rings (SSSR count). The van der Waals surface area contributed by atoms with Crippen molar-refractivity contribution in [1.82, 2.24) is 4.90 Å². The highest BCUT2D eigenvalue weighted by Gasteiger charge is 2.31. The fraction of sp³-hybridized carbons (Fsp3) is 0.611. The van der Waals surface area contributed by atoms with Crippen LogP contribution in [-0.4, -0.2) is 49.8 Å². The molecule has 2 atom stereocenters. The van der Waals surface area contributed by atoms with E-state index in [4.69, 9.17) is 9.47 Å². The molecule has 6 heteroatoms. The minimum atomic E-state index is -0.120. The Morgan fingerprint density at radius 3 is 2.71 bits per heavy atom. The van der Waals surface area contributed by atoms with Gasteiger partial charge in [0.1, 0.15) is 6.54 Å². The lowest BCUT2D eigenvalue weighted by molar-refractivity contribution is -0.917. The Kier molecular flexibility index (Phi) is 5.26. The molecule has 132 valence electrons. The van der Waals surface area contributed by atoms with Gasteiger partial charge in [0, 0.05) is 11.5 Å². The molecule has 1 amide bonds. The number of benzene rings is 1. The van der Waals surface area contributed by atoms with Crippen LogP contribution < -0.4 is 20.1 Å². The second-order valence-corrected chi connectivity index (χ2v) is 6.93. The molecule has 1 saturated heterocycles. The molecule has 0 radical (unpaired) electrons. The maximum Gasteiger partial charge on any atom is 0.281 e. The van der Waals surface area contributed by atoms with Gasteiger partial charge in [0.15, 0.2) is 17.5 Å². The van der Waals surface area contributed by atoms with E-state index in [-0.39, 0.29) is 11.9 Å². The van der Waals surface area contributed by atoms with E-state index in [0.717, 1.165) is 50.6 Å². The number of piperazine rings is 1. The van der Waals surface area contributed by atoms with Crippen molar-refractivity contribution in [2.24, 2.45) is 5.92 Å². The summed E-state index contributed by atoms with van der Waals surface area (Å²) in [5.41, 5.74) is 5.33. The average Bonchev–Trinajstić information content (AvgIpc) is 3.08. The quantitative estimate of drug-likeness (QED) is 0.747. The van der Waals surface area contributed by atoms with Crippen LogP contribution in [0.25, 0.3) is 0 Å². The summed E-state index contributed by atoms with van der Waals surface area (Å²) < 4.78 is 10.8. The highest BCUT2D eigenvalue weighted by molar-refractivity contribution is 5.80. The van der Waals surface area contributed by atoms with E-state index in [0.29, 0.717) is 12.7 Å². The summed E-state index contributed by atoms with van der Waals surface area (Å²) in [6.07, 6.45) is 0.995. The van der Waals surface area contributed by atoms with Gasteiger partial charge in [-0.15, -0.1) is 0 Å². The number of ether oxygens (including phenoxy) is 2. The zero-order chi connectivity index (χ0) is 17.1. The van der Waals surface area contributed by atoms with Crippen LogP contribution in [0.4, 0.5) is 0 Å². The first-order valence-electron chi connectivity index (χ1n) is 8.92. The zero-order valence-electron chi connectivity index (χ0n) is 14.7. The average molecular weight is 335 g/mol. The van der Waals surface area contributed by atoms with E-state index >= 15 is 0 Å². The standard InChI is InChI=1S/C18H27N3O3/c1-3-13(2)17(19)18(22)21-8-6-20(7-9-21)11-14-4-5-15-16(10-14)24-12-23-15/h4-5,10,13,17H,3,6-9,11-12,19H2,1-2H3/p+2/t13-,17-/m1/s1. The van der Waals surface area contributed by atoms with Gasteiger partial charge in [-0.05, 0) is 24.6 Å². The van der Waals surface area contributed by atoms with E-state index in [1.165, 1.54) is 10.5 Å². The molecule has 24 heavy (non-hydrogen) atoms. The number of hydrogen-bond acceptors (Lipinski definition) is 3. The van der Waals surface area contributed by atoms with E-state index in [9.17, 15) is 4.79 Å². The lowest BCUT2D eigenvalue weighted by Crippen LogP contribution is -3.13. The SMILES string of the molecule is CC[C@@H](C)[C@@H]([NH3+])C(=O)N1CC[NH+](Cc2ccc3c(c2)OCO3)CC1. The predicted octanol–water partition coefficient (Wildman–Crippen LogP) is -0.701. The molecular formula is C18H29N3O3+2. The summed E-state index contributed by atoms with van der Waals surface area (Å²) in [5.74, 6) is 2.23. The van der Waals surface area contributed by atoms with Gasteiger partial charge in [-0.1, -0.05) is 13.8 Å². The van der Waals surface area contributed by atoms with Gasteiger partial charge in [0.2, 0.25) is 6.79 Å². The molecule has 0 aliphatic carbocycles. The number of nitrogens with zero attached hydrogens (tertiary/aromatic N) is 1. The summed E-state index contributed by atoms with van der Waals surface area (Å²) >= 11 is 0. The maximum absolute atomic E-state index is 12.5. The number of fused-ring (bicyclic) bond motifs is 1. The summed E-state index contributed by atoms with van der Waals surface area (Å²) in [6, 6.07) is 6.04. The Bertz CT molecular complexity index is 585. The molecule has 0 saturated carbocycles. The fourth-order valence-electron chi connectivity index (χ4n) is 3.32. The van der Waals surface area contributed by atoms with Gasteiger partial charge in [-0.25, -0.2) is 0 Å². The first kappa shape index (κ1) is 17.0. The van der Waals surface area contributed by atoms with Crippen molar-refractivity contribution in [2.45, 2.75) is 32.9 Å². The highest BCUT2D eigenvalue weighted by Crippen LogP contribution is 2.32. The first-order valence-corrected chi connectivity index (χ1v) is 8.92. The third-order valence-electron chi connectivity index (χ3n) is 5.32. The van der Waals surface area contributed by atoms with Crippen LogP contribution in [0.3, 0.4) is 0 Å². The second kappa shape index (κ2) is 7.40. The van der Waals surface area contributed by atoms with Gasteiger partial charge < -0.3 is 25.0 Å². The normalized spacial score (nSPS) is 20.0. The Morgan fingerprint density at radius 1 is 1.29 bits per heavy atom. The Morgan fingerprint density at radius 2 is 2.00 bits per heavy atom. The lowest BCUT2D eigenvalue weighted by atomic mass is 9.98. The molecule has 6 nitrogen and oxygen atoms in total.